The van der Waals surface area contributed by atoms with Crippen molar-refractivity contribution in [3.05, 3.63) is 28.0 Å². The Bertz CT molecular complexity index is 502. The average Bonchev–Trinajstić information content (AvgIpc) is 2.85. The van der Waals surface area contributed by atoms with E-state index in [1.807, 2.05) is 18.7 Å². The highest BCUT2D eigenvalue weighted by Crippen LogP contribution is 2.22. The van der Waals surface area contributed by atoms with Gasteiger partial charge in [-0.2, -0.15) is 5.10 Å². The number of hydrogen-bond donors (Lipinski definition) is 1. The molecular formula is C11H17N5S. The predicted octanol–water partition coefficient (Wildman–Crippen LogP) is 1.38. The van der Waals surface area contributed by atoms with Crippen molar-refractivity contribution in [2.45, 2.75) is 32.7 Å². The summed E-state index contributed by atoms with van der Waals surface area (Å²) in [6.45, 7) is 4.06. The minimum absolute atomic E-state index is 0.0419. The minimum atomic E-state index is -0.0419. The molecule has 2 aromatic rings. The van der Waals surface area contributed by atoms with Crippen LogP contribution in [0.4, 0.5) is 0 Å². The first-order valence-corrected chi connectivity index (χ1v) is 6.45. The molecule has 0 saturated carbocycles. The summed E-state index contributed by atoms with van der Waals surface area (Å²) in [6.07, 6.45) is 1.65. The topological polar surface area (TPSA) is 69.6 Å². The van der Waals surface area contributed by atoms with E-state index in [4.69, 9.17) is 5.73 Å². The second kappa shape index (κ2) is 4.93. The summed E-state index contributed by atoms with van der Waals surface area (Å²) in [7, 11) is 1.95. The number of hydrogen-bond acceptors (Lipinski definition) is 5. The molecule has 1 atom stereocenters. The van der Waals surface area contributed by atoms with Crippen LogP contribution in [-0.2, 0) is 19.9 Å². The Morgan fingerprint density at radius 2 is 2.29 bits per heavy atom. The molecule has 2 rings (SSSR count). The molecule has 0 aliphatic carbocycles. The molecule has 6 heteroatoms. The first-order valence-electron chi connectivity index (χ1n) is 5.68. The molecule has 0 aromatic carbocycles. The van der Waals surface area contributed by atoms with Crippen molar-refractivity contribution in [2.75, 3.05) is 0 Å². The van der Waals surface area contributed by atoms with Crippen LogP contribution in [0.3, 0.4) is 0 Å². The van der Waals surface area contributed by atoms with Gasteiger partial charge in [-0.05, 0) is 30.9 Å². The zero-order valence-corrected chi connectivity index (χ0v) is 11.2. The van der Waals surface area contributed by atoms with Crippen molar-refractivity contribution in [3.63, 3.8) is 0 Å². The zero-order chi connectivity index (χ0) is 12.4. The van der Waals surface area contributed by atoms with Gasteiger partial charge in [0, 0.05) is 25.2 Å². The van der Waals surface area contributed by atoms with Crippen molar-refractivity contribution < 1.29 is 0 Å². The van der Waals surface area contributed by atoms with Gasteiger partial charge in [0.2, 0.25) is 0 Å². The molecule has 2 heterocycles. The molecule has 0 spiro atoms. The van der Waals surface area contributed by atoms with E-state index in [1.165, 1.54) is 11.5 Å². The molecule has 0 bridgehead atoms. The number of rotatable bonds is 4. The van der Waals surface area contributed by atoms with Crippen LogP contribution in [-0.4, -0.2) is 19.4 Å². The average molecular weight is 251 g/mol. The van der Waals surface area contributed by atoms with E-state index in [0.717, 1.165) is 34.8 Å². The van der Waals surface area contributed by atoms with Crippen molar-refractivity contribution >= 4 is 11.5 Å². The van der Waals surface area contributed by atoms with Crippen molar-refractivity contribution in [2.24, 2.45) is 12.8 Å². The summed E-state index contributed by atoms with van der Waals surface area (Å²) in [6, 6.07) is 2.03. The smallest absolute Gasteiger partial charge is 0.0801 e. The zero-order valence-electron chi connectivity index (χ0n) is 10.3. The van der Waals surface area contributed by atoms with E-state index in [9.17, 15) is 0 Å². The van der Waals surface area contributed by atoms with Crippen LogP contribution in [0.25, 0.3) is 0 Å². The van der Waals surface area contributed by atoms with Gasteiger partial charge in [-0.15, -0.1) is 5.10 Å². The van der Waals surface area contributed by atoms with Gasteiger partial charge in [0.1, 0.15) is 0 Å². The highest BCUT2D eigenvalue weighted by atomic mass is 32.1. The lowest BCUT2D eigenvalue weighted by atomic mass is 10.1. The van der Waals surface area contributed by atoms with Crippen molar-refractivity contribution in [1.29, 1.82) is 0 Å². The maximum absolute atomic E-state index is 6.22. The van der Waals surface area contributed by atoms with Crippen LogP contribution in [0.5, 0.6) is 0 Å². The number of nitrogens with zero attached hydrogens (tertiary/aromatic N) is 4. The largest absolute Gasteiger partial charge is 0.323 e. The van der Waals surface area contributed by atoms with Crippen LogP contribution in [0, 0.1) is 6.92 Å². The van der Waals surface area contributed by atoms with Gasteiger partial charge >= 0.3 is 0 Å². The Labute approximate surface area is 105 Å². The summed E-state index contributed by atoms with van der Waals surface area (Å²) in [5.74, 6) is 0. The van der Waals surface area contributed by atoms with Crippen molar-refractivity contribution in [1.82, 2.24) is 19.4 Å². The minimum Gasteiger partial charge on any atom is -0.323 e. The van der Waals surface area contributed by atoms with Gasteiger partial charge in [0.15, 0.2) is 0 Å². The molecule has 1 unspecified atom stereocenters. The number of aromatic nitrogens is 4. The van der Waals surface area contributed by atoms with Crippen LogP contribution in [0.1, 0.15) is 34.9 Å². The van der Waals surface area contributed by atoms with E-state index in [1.54, 1.807) is 0 Å². The first kappa shape index (κ1) is 12.2. The second-order valence-electron chi connectivity index (χ2n) is 4.15. The molecule has 0 saturated heterocycles. The molecule has 0 amide bonds. The Balaban J connectivity index is 2.16. The highest BCUT2D eigenvalue weighted by molar-refractivity contribution is 7.05. The summed E-state index contributed by atoms with van der Waals surface area (Å²) < 4.78 is 5.86. The fraction of sp³-hybridized carbons (Fsp3) is 0.545. The lowest BCUT2D eigenvalue weighted by Gasteiger charge is -2.10. The van der Waals surface area contributed by atoms with Gasteiger partial charge in [0.05, 0.1) is 16.3 Å². The third-order valence-electron chi connectivity index (χ3n) is 2.78. The molecule has 2 aromatic heterocycles. The number of nitrogens with two attached hydrogens (primary N) is 1. The Morgan fingerprint density at radius 1 is 1.53 bits per heavy atom. The maximum atomic E-state index is 6.22. The summed E-state index contributed by atoms with van der Waals surface area (Å²) in [5, 5.41) is 8.41. The van der Waals surface area contributed by atoms with Gasteiger partial charge < -0.3 is 5.73 Å². The monoisotopic (exact) mass is 251 g/mol. The molecule has 0 radical (unpaired) electrons. The van der Waals surface area contributed by atoms with Crippen molar-refractivity contribution in [3.8, 4) is 0 Å². The SMILES string of the molecule is CCc1nnsc1C(N)Cc1cc(C)nn1C. The standard InChI is InChI=1S/C11H17N5S/c1-4-10-11(17-15-13-10)9(12)6-8-5-7(2)14-16(8)3/h5,9H,4,6,12H2,1-3H3. The third kappa shape index (κ3) is 2.53. The van der Waals surface area contributed by atoms with E-state index >= 15 is 0 Å². The quantitative estimate of drug-likeness (QED) is 0.891. The normalized spacial score (nSPS) is 12.9. The molecule has 0 fully saturated rings. The van der Waals surface area contributed by atoms with E-state index in [0.29, 0.717) is 0 Å². The van der Waals surface area contributed by atoms with Crippen LogP contribution in [0.15, 0.2) is 6.07 Å². The fourth-order valence-corrected chi connectivity index (χ4v) is 2.65. The van der Waals surface area contributed by atoms with Gasteiger partial charge in [0.25, 0.3) is 0 Å². The van der Waals surface area contributed by atoms with Crippen LogP contribution < -0.4 is 5.73 Å². The molecule has 92 valence electrons. The Hall–Kier alpha value is -1.27. The lowest BCUT2D eigenvalue weighted by Crippen LogP contribution is -2.15. The summed E-state index contributed by atoms with van der Waals surface area (Å²) >= 11 is 1.40. The highest BCUT2D eigenvalue weighted by Gasteiger charge is 2.16. The second-order valence-corrected chi connectivity index (χ2v) is 4.93. The van der Waals surface area contributed by atoms with Gasteiger partial charge in [-0.3, -0.25) is 4.68 Å². The van der Waals surface area contributed by atoms with Gasteiger partial charge in [-0.1, -0.05) is 11.4 Å². The van der Waals surface area contributed by atoms with Crippen LogP contribution in [0.2, 0.25) is 0 Å². The van der Waals surface area contributed by atoms with Gasteiger partial charge in [-0.25, -0.2) is 0 Å². The van der Waals surface area contributed by atoms with E-state index in [-0.39, 0.29) is 6.04 Å². The Kier molecular flexibility index (Phi) is 3.54. The summed E-state index contributed by atoms with van der Waals surface area (Å²) in [5.41, 5.74) is 9.40. The first-order chi connectivity index (χ1) is 8.11. The predicted molar refractivity (Wildman–Crippen MR) is 67.9 cm³/mol. The Morgan fingerprint density at radius 3 is 2.88 bits per heavy atom. The third-order valence-corrected chi connectivity index (χ3v) is 3.68. The molecule has 17 heavy (non-hydrogen) atoms. The molecule has 0 aliphatic rings. The molecule has 0 aliphatic heterocycles. The molecular weight excluding hydrogens is 234 g/mol. The molecule has 2 N–H and O–H groups in total. The van der Waals surface area contributed by atoms with E-state index in [2.05, 4.69) is 27.7 Å². The van der Waals surface area contributed by atoms with E-state index < -0.39 is 0 Å². The number of aryl methyl sites for hydroxylation is 3. The molecule has 5 nitrogen and oxygen atoms in total. The summed E-state index contributed by atoms with van der Waals surface area (Å²) in [4.78, 5) is 1.09. The van der Waals surface area contributed by atoms with Crippen LogP contribution >= 0.6 is 11.5 Å². The fourth-order valence-electron chi connectivity index (χ4n) is 1.92. The maximum Gasteiger partial charge on any atom is 0.0801 e. The lowest BCUT2D eigenvalue weighted by molar-refractivity contribution is 0.641.